The van der Waals surface area contributed by atoms with E-state index < -0.39 is 17.8 Å². The predicted molar refractivity (Wildman–Crippen MR) is 116 cm³/mol. The first-order valence-electron chi connectivity index (χ1n) is 10.6. The summed E-state index contributed by atoms with van der Waals surface area (Å²) in [6, 6.07) is 11.1. The van der Waals surface area contributed by atoms with Gasteiger partial charge in [0, 0.05) is 43.9 Å². The first-order valence-corrected chi connectivity index (χ1v) is 10.9. The van der Waals surface area contributed by atoms with E-state index in [1.54, 1.807) is 0 Å². The van der Waals surface area contributed by atoms with E-state index in [-0.39, 0.29) is 10.6 Å². The van der Waals surface area contributed by atoms with Crippen molar-refractivity contribution in [3.63, 3.8) is 0 Å². The van der Waals surface area contributed by atoms with Crippen LogP contribution in [0.4, 0.5) is 15.8 Å². The third-order valence-corrected chi connectivity index (χ3v) is 7.23. The van der Waals surface area contributed by atoms with Gasteiger partial charge in [-0.1, -0.05) is 41.9 Å². The van der Waals surface area contributed by atoms with Crippen LogP contribution in [0, 0.1) is 5.82 Å². The molecule has 2 atom stereocenters. The second-order valence-electron chi connectivity index (χ2n) is 8.46. The Labute approximate surface area is 180 Å². The maximum atomic E-state index is 15.1. The molecule has 158 valence electrons. The van der Waals surface area contributed by atoms with Crippen molar-refractivity contribution in [2.75, 3.05) is 36.0 Å². The van der Waals surface area contributed by atoms with Crippen LogP contribution in [0.25, 0.3) is 0 Å². The molecule has 0 amide bonds. The normalized spacial score (nSPS) is 25.7. The van der Waals surface area contributed by atoms with Gasteiger partial charge in [-0.25, -0.2) is 9.18 Å². The molecule has 2 N–H and O–H groups in total. The van der Waals surface area contributed by atoms with E-state index >= 15 is 4.39 Å². The third kappa shape index (κ3) is 2.88. The lowest BCUT2D eigenvalue weighted by molar-refractivity contribution is -0.139. The zero-order valence-corrected chi connectivity index (χ0v) is 17.5. The number of nitrogens with zero attached hydrogens (tertiary/aromatic N) is 2. The van der Waals surface area contributed by atoms with Crippen LogP contribution in [0.3, 0.4) is 0 Å². The SMILES string of the molecule is O=C(O)[C@@H]1CCCCN1c1c(Cl)c(F)cc2c1C[C@]1(c3ccccc3)CNCCN21. The minimum Gasteiger partial charge on any atom is -0.480 e. The molecular formula is C23H25ClFN3O2. The van der Waals surface area contributed by atoms with Crippen molar-refractivity contribution < 1.29 is 14.3 Å². The number of halogens is 2. The van der Waals surface area contributed by atoms with Gasteiger partial charge in [-0.15, -0.1) is 0 Å². The van der Waals surface area contributed by atoms with Crippen molar-refractivity contribution >= 4 is 28.9 Å². The fourth-order valence-corrected chi connectivity index (χ4v) is 5.79. The number of carbonyl (C=O) groups is 1. The van der Waals surface area contributed by atoms with Crippen molar-refractivity contribution in [2.45, 2.75) is 37.3 Å². The third-order valence-electron chi connectivity index (χ3n) is 6.87. The van der Waals surface area contributed by atoms with Crippen LogP contribution < -0.4 is 15.1 Å². The number of hydrogen-bond donors (Lipinski definition) is 2. The summed E-state index contributed by atoms with van der Waals surface area (Å²) in [7, 11) is 0. The molecule has 2 aromatic rings. The maximum absolute atomic E-state index is 15.1. The molecule has 0 unspecified atom stereocenters. The fourth-order valence-electron chi connectivity index (χ4n) is 5.51. The van der Waals surface area contributed by atoms with E-state index in [2.05, 4.69) is 22.3 Å². The molecule has 0 saturated carbocycles. The van der Waals surface area contributed by atoms with Crippen molar-refractivity contribution in [1.29, 1.82) is 0 Å². The van der Waals surface area contributed by atoms with E-state index in [0.717, 1.165) is 43.7 Å². The number of piperidine rings is 1. The van der Waals surface area contributed by atoms with Crippen LogP contribution in [0.15, 0.2) is 36.4 Å². The summed E-state index contributed by atoms with van der Waals surface area (Å²) in [4.78, 5) is 16.1. The van der Waals surface area contributed by atoms with E-state index in [9.17, 15) is 9.90 Å². The molecule has 5 nitrogen and oxygen atoms in total. The number of carboxylic acid groups (broad SMARTS) is 1. The van der Waals surface area contributed by atoms with Crippen LogP contribution in [0.1, 0.15) is 30.4 Å². The molecular weight excluding hydrogens is 405 g/mol. The molecule has 0 spiro atoms. The molecule has 5 rings (SSSR count). The molecule has 0 aliphatic carbocycles. The van der Waals surface area contributed by atoms with Gasteiger partial charge in [0.15, 0.2) is 0 Å². The van der Waals surface area contributed by atoms with Crippen molar-refractivity contribution in [2.24, 2.45) is 0 Å². The van der Waals surface area contributed by atoms with Gasteiger partial charge >= 0.3 is 5.97 Å². The summed E-state index contributed by atoms with van der Waals surface area (Å²) in [5, 5.41) is 13.4. The van der Waals surface area contributed by atoms with E-state index in [0.29, 0.717) is 25.1 Å². The second-order valence-corrected chi connectivity index (χ2v) is 8.84. The number of fused-ring (bicyclic) bond motifs is 3. The minimum absolute atomic E-state index is 0.0397. The fraction of sp³-hybridized carbons (Fsp3) is 0.435. The van der Waals surface area contributed by atoms with Gasteiger partial charge in [-0.05, 0) is 30.9 Å². The van der Waals surface area contributed by atoms with Crippen molar-refractivity contribution in [3.05, 3.63) is 58.4 Å². The minimum atomic E-state index is -0.876. The number of carboxylic acids is 1. The average molecular weight is 430 g/mol. The van der Waals surface area contributed by atoms with Crippen molar-refractivity contribution in [1.82, 2.24) is 5.32 Å². The van der Waals surface area contributed by atoms with E-state index in [4.69, 9.17) is 11.6 Å². The van der Waals surface area contributed by atoms with Gasteiger partial charge in [-0.2, -0.15) is 0 Å². The lowest BCUT2D eigenvalue weighted by Crippen LogP contribution is -2.57. The second kappa shape index (κ2) is 7.43. The summed E-state index contributed by atoms with van der Waals surface area (Å²) in [6.45, 7) is 2.88. The van der Waals surface area contributed by atoms with Crippen LogP contribution in [-0.2, 0) is 16.8 Å². The monoisotopic (exact) mass is 429 g/mol. The summed E-state index contributed by atoms with van der Waals surface area (Å²) in [6.07, 6.45) is 2.94. The zero-order chi connectivity index (χ0) is 20.9. The largest absolute Gasteiger partial charge is 0.480 e. The Morgan fingerprint density at radius 1 is 1.23 bits per heavy atom. The molecule has 3 aliphatic rings. The highest BCUT2D eigenvalue weighted by Crippen LogP contribution is 2.52. The first kappa shape index (κ1) is 19.6. The molecule has 0 aromatic heterocycles. The number of aliphatic carboxylic acids is 1. The standard InChI is InChI=1S/C23H25ClFN3O2/c24-20-17(25)12-19-16(21(20)27-10-5-4-8-18(27)22(29)30)13-23(14-26-9-11-28(19)23)15-6-2-1-3-7-15/h1-3,6-7,12,18,26H,4-5,8-11,13-14H2,(H,29,30)/t18-,23+/m0/s1. The van der Waals surface area contributed by atoms with Gasteiger partial charge in [0.1, 0.15) is 16.9 Å². The molecule has 2 saturated heterocycles. The molecule has 3 heterocycles. The summed E-state index contributed by atoms with van der Waals surface area (Å²) < 4.78 is 15.1. The average Bonchev–Trinajstić information content (AvgIpc) is 3.10. The van der Waals surface area contributed by atoms with E-state index in [1.165, 1.54) is 11.6 Å². The number of piperazine rings is 1. The Bertz CT molecular complexity index is 986. The summed E-state index contributed by atoms with van der Waals surface area (Å²) in [5.41, 5.74) is 3.21. The van der Waals surface area contributed by atoms with Gasteiger partial charge in [0.05, 0.1) is 11.2 Å². The summed E-state index contributed by atoms with van der Waals surface area (Å²) >= 11 is 6.53. The van der Waals surface area contributed by atoms with E-state index in [1.807, 2.05) is 23.1 Å². The molecule has 3 aliphatic heterocycles. The molecule has 30 heavy (non-hydrogen) atoms. The number of hydrogen-bond acceptors (Lipinski definition) is 4. The lowest BCUT2D eigenvalue weighted by atomic mass is 9.84. The van der Waals surface area contributed by atoms with Crippen molar-refractivity contribution in [3.8, 4) is 0 Å². The number of anilines is 2. The lowest BCUT2D eigenvalue weighted by Gasteiger charge is -2.45. The van der Waals surface area contributed by atoms with Gasteiger partial charge in [0.25, 0.3) is 0 Å². The highest BCUT2D eigenvalue weighted by Gasteiger charge is 2.49. The Balaban J connectivity index is 1.69. The quantitative estimate of drug-likeness (QED) is 0.777. The molecule has 0 radical (unpaired) electrons. The highest BCUT2D eigenvalue weighted by molar-refractivity contribution is 6.34. The number of benzene rings is 2. The summed E-state index contributed by atoms with van der Waals surface area (Å²) in [5.74, 6) is -1.36. The van der Waals surface area contributed by atoms with Crippen LogP contribution in [0.2, 0.25) is 5.02 Å². The van der Waals surface area contributed by atoms with Gasteiger partial charge < -0.3 is 20.2 Å². The Morgan fingerprint density at radius 2 is 2.03 bits per heavy atom. The zero-order valence-electron chi connectivity index (χ0n) is 16.7. The smallest absolute Gasteiger partial charge is 0.326 e. The topological polar surface area (TPSA) is 55.8 Å². The maximum Gasteiger partial charge on any atom is 0.326 e. The predicted octanol–water partition coefficient (Wildman–Crippen LogP) is 3.78. The Kier molecular flexibility index (Phi) is 4.86. The number of nitrogens with one attached hydrogen (secondary N) is 1. The van der Waals surface area contributed by atoms with Crippen LogP contribution >= 0.6 is 11.6 Å². The molecule has 7 heteroatoms. The van der Waals surface area contributed by atoms with Gasteiger partial charge in [0.2, 0.25) is 0 Å². The van der Waals surface area contributed by atoms with Gasteiger partial charge in [-0.3, -0.25) is 0 Å². The molecule has 2 fully saturated rings. The van der Waals surface area contributed by atoms with Crippen LogP contribution in [-0.4, -0.2) is 43.3 Å². The Morgan fingerprint density at radius 3 is 2.80 bits per heavy atom. The highest BCUT2D eigenvalue weighted by atomic mass is 35.5. The van der Waals surface area contributed by atoms with Crippen LogP contribution in [0.5, 0.6) is 0 Å². The first-order chi connectivity index (χ1) is 14.5. The Hall–Kier alpha value is -2.31. The number of rotatable bonds is 3. The molecule has 0 bridgehead atoms. The molecule has 2 aromatic carbocycles.